The van der Waals surface area contributed by atoms with Crippen LogP contribution in [0, 0.1) is 0 Å². The van der Waals surface area contributed by atoms with Crippen molar-refractivity contribution in [1.29, 1.82) is 0 Å². The van der Waals surface area contributed by atoms with Crippen molar-refractivity contribution in [3.05, 3.63) is 103 Å². The molecule has 0 spiro atoms. The van der Waals surface area contributed by atoms with E-state index < -0.39 is 0 Å². The first-order valence-electron chi connectivity index (χ1n) is 10.6. The van der Waals surface area contributed by atoms with Crippen LogP contribution in [0.4, 0.5) is 0 Å². The molecule has 2 aromatic heterocycles. The van der Waals surface area contributed by atoms with Crippen molar-refractivity contribution in [2.75, 3.05) is 14.2 Å². The molecule has 0 fully saturated rings. The number of nitrogens with zero attached hydrogens (tertiary/aromatic N) is 1. The van der Waals surface area contributed by atoms with Crippen LogP contribution in [0.3, 0.4) is 0 Å². The molecule has 0 saturated heterocycles. The van der Waals surface area contributed by atoms with E-state index in [1.54, 1.807) is 37.7 Å². The van der Waals surface area contributed by atoms with Crippen LogP contribution in [0.5, 0.6) is 11.5 Å². The average molecular weight is 470 g/mol. The highest BCUT2D eigenvalue weighted by Crippen LogP contribution is 2.47. The normalized spacial score (nSPS) is 11.0. The topological polar surface area (TPSA) is 22.9 Å². The Morgan fingerprint density at radius 1 is 0.606 bits per heavy atom. The minimum absolute atomic E-state index is 0.860. The van der Waals surface area contributed by atoms with Crippen molar-refractivity contribution in [2.45, 2.75) is 19.7 Å². The van der Waals surface area contributed by atoms with Crippen molar-refractivity contribution in [3.8, 4) is 22.6 Å². The second kappa shape index (κ2) is 9.69. The smallest absolute Gasteiger partial charge is 0.118 e. The summed E-state index contributed by atoms with van der Waals surface area (Å²) in [7, 11) is 3.39. The van der Waals surface area contributed by atoms with Crippen molar-refractivity contribution >= 4 is 29.0 Å². The molecule has 0 atom stereocenters. The van der Waals surface area contributed by atoms with E-state index in [4.69, 9.17) is 9.47 Å². The summed E-state index contributed by atoms with van der Waals surface area (Å²) in [5.41, 5.74) is 3.63. The minimum atomic E-state index is 0.860. The van der Waals surface area contributed by atoms with Gasteiger partial charge in [0.2, 0.25) is 0 Å². The fourth-order valence-electron chi connectivity index (χ4n) is 3.73. The lowest BCUT2D eigenvalue weighted by atomic mass is 10.1. The summed E-state index contributed by atoms with van der Waals surface area (Å²) in [5, 5.41) is 1.19. The molecule has 3 aromatic carbocycles. The summed E-state index contributed by atoms with van der Waals surface area (Å²) in [6, 6.07) is 33.5. The highest BCUT2D eigenvalue weighted by atomic mass is 32.2. The summed E-state index contributed by atoms with van der Waals surface area (Å²) in [6.45, 7) is 0. The van der Waals surface area contributed by atoms with Crippen LogP contribution in [0.15, 0.2) is 123 Å². The van der Waals surface area contributed by atoms with E-state index in [2.05, 4.69) is 83.4 Å². The molecular weight excluding hydrogens is 446 g/mol. The highest BCUT2D eigenvalue weighted by Gasteiger charge is 2.21. The first kappa shape index (κ1) is 21.6. The van der Waals surface area contributed by atoms with Crippen LogP contribution < -0.4 is 9.47 Å². The van der Waals surface area contributed by atoms with Gasteiger partial charge in [-0.1, -0.05) is 59.9 Å². The van der Waals surface area contributed by atoms with E-state index in [-0.39, 0.29) is 0 Å². The molecule has 0 saturated carbocycles. The SMILES string of the molecule is COc1ccc(Sc2c(-c3ccccc3)c(Sc3ccc(OC)cc3)n3ccccc23)cc1. The van der Waals surface area contributed by atoms with Gasteiger partial charge in [-0.05, 0) is 66.2 Å². The fourth-order valence-corrected chi connectivity index (χ4v) is 5.97. The molecule has 0 radical (unpaired) electrons. The number of rotatable bonds is 7. The van der Waals surface area contributed by atoms with Crippen molar-refractivity contribution in [1.82, 2.24) is 4.40 Å². The van der Waals surface area contributed by atoms with E-state index in [1.807, 2.05) is 24.3 Å². The van der Waals surface area contributed by atoms with Crippen LogP contribution in [0.1, 0.15) is 0 Å². The first-order valence-corrected chi connectivity index (χ1v) is 12.2. The Balaban J connectivity index is 1.67. The maximum Gasteiger partial charge on any atom is 0.118 e. The maximum absolute atomic E-state index is 5.34. The molecule has 0 N–H and O–H groups in total. The Morgan fingerprint density at radius 3 is 1.79 bits per heavy atom. The Labute approximate surface area is 202 Å². The van der Waals surface area contributed by atoms with E-state index >= 15 is 0 Å². The molecule has 33 heavy (non-hydrogen) atoms. The predicted octanol–water partition coefficient (Wildman–Crippen LogP) is 7.93. The van der Waals surface area contributed by atoms with Gasteiger partial charge in [0.25, 0.3) is 0 Å². The van der Waals surface area contributed by atoms with Gasteiger partial charge in [0.1, 0.15) is 11.5 Å². The maximum atomic E-state index is 5.34. The van der Waals surface area contributed by atoms with E-state index in [0.717, 1.165) is 16.4 Å². The molecule has 0 unspecified atom stereocenters. The number of hydrogen-bond acceptors (Lipinski definition) is 4. The lowest BCUT2D eigenvalue weighted by Crippen LogP contribution is -1.87. The number of aromatic nitrogens is 1. The van der Waals surface area contributed by atoms with Gasteiger partial charge in [0.05, 0.1) is 24.8 Å². The number of pyridine rings is 1. The summed E-state index contributed by atoms with van der Waals surface area (Å²) < 4.78 is 13.0. The summed E-state index contributed by atoms with van der Waals surface area (Å²) in [5.74, 6) is 1.72. The molecule has 0 aliphatic carbocycles. The van der Waals surface area contributed by atoms with Crippen LogP contribution >= 0.6 is 23.5 Å². The molecule has 5 aromatic rings. The van der Waals surface area contributed by atoms with E-state index in [9.17, 15) is 0 Å². The monoisotopic (exact) mass is 469 g/mol. The molecule has 2 heterocycles. The first-order chi connectivity index (χ1) is 16.3. The second-order valence-corrected chi connectivity index (χ2v) is 9.53. The molecule has 0 aliphatic rings. The van der Waals surface area contributed by atoms with E-state index in [0.29, 0.717) is 0 Å². The lowest BCUT2D eigenvalue weighted by molar-refractivity contribution is 0.414. The van der Waals surface area contributed by atoms with Gasteiger partial charge in [-0.3, -0.25) is 0 Å². The molecule has 164 valence electrons. The van der Waals surface area contributed by atoms with Gasteiger partial charge in [-0.2, -0.15) is 0 Å². The Kier molecular flexibility index (Phi) is 6.33. The third-order valence-corrected chi connectivity index (χ3v) is 7.60. The van der Waals surface area contributed by atoms with Crippen molar-refractivity contribution in [3.63, 3.8) is 0 Å². The Bertz CT molecular complexity index is 1270. The number of fused-ring (bicyclic) bond motifs is 1. The van der Waals surface area contributed by atoms with Crippen LogP contribution in [-0.2, 0) is 0 Å². The van der Waals surface area contributed by atoms with Crippen LogP contribution in [0.2, 0.25) is 0 Å². The standard InChI is InChI=1S/C28H23NO2S2/c1-30-21-11-15-23(16-12-21)32-27-25-10-6-7-19-29(25)28(26(27)20-8-4-3-5-9-20)33-24-17-13-22(31-2)14-18-24/h3-19H,1-2H3. The zero-order valence-electron chi connectivity index (χ0n) is 18.4. The molecular formula is C28H23NO2S2. The summed E-state index contributed by atoms with van der Waals surface area (Å²) in [4.78, 5) is 3.57. The second-order valence-electron chi connectivity index (χ2n) is 7.39. The summed E-state index contributed by atoms with van der Waals surface area (Å²) >= 11 is 3.55. The van der Waals surface area contributed by atoms with Gasteiger partial charge in [-0.15, -0.1) is 0 Å². The largest absolute Gasteiger partial charge is 0.497 e. The van der Waals surface area contributed by atoms with Crippen molar-refractivity contribution in [2.24, 2.45) is 0 Å². The molecule has 0 aliphatic heterocycles. The van der Waals surface area contributed by atoms with Gasteiger partial charge in [0.15, 0.2) is 0 Å². The molecule has 3 nitrogen and oxygen atoms in total. The van der Waals surface area contributed by atoms with Gasteiger partial charge in [-0.25, -0.2) is 0 Å². The fraction of sp³-hybridized carbons (Fsp3) is 0.0714. The van der Waals surface area contributed by atoms with Crippen molar-refractivity contribution < 1.29 is 9.47 Å². The number of hydrogen-bond donors (Lipinski definition) is 0. The van der Waals surface area contributed by atoms with Gasteiger partial charge < -0.3 is 13.9 Å². The predicted molar refractivity (Wildman–Crippen MR) is 137 cm³/mol. The molecule has 5 heteroatoms. The zero-order valence-corrected chi connectivity index (χ0v) is 20.0. The molecule has 0 bridgehead atoms. The Morgan fingerprint density at radius 2 is 1.18 bits per heavy atom. The van der Waals surface area contributed by atoms with Gasteiger partial charge in [0, 0.05) is 26.4 Å². The number of ether oxygens (including phenoxy) is 2. The lowest BCUT2D eigenvalue weighted by Gasteiger charge is -2.09. The average Bonchev–Trinajstić information content (AvgIpc) is 3.18. The highest BCUT2D eigenvalue weighted by molar-refractivity contribution is 8.00. The summed E-state index contributed by atoms with van der Waals surface area (Å²) in [6.07, 6.45) is 2.14. The number of methoxy groups -OCH3 is 2. The van der Waals surface area contributed by atoms with Crippen LogP contribution in [0.25, 0.3) is 16.6 Å². The quantitative estimate of drug-likeness (QED) is 0.241. The Hall–Kier alpha value is -3.28. The number of benzene rings is 3. The zero-order chi connectivity index (χ0) is 22.6. The minimum Gasteiger partial charge on any atom is -0.497 e. The molecule has 5 rings (SSSR count). The van der Waals surface area contributed by atoms with E-state index in [1.165, 1.54) is 31.5 Å². The third kappa shape index (κ3) is 4.47. The third-order valence-electron chi connectivity index (χ3n) is 5.37. The molecule has 0 amide bonds. The van der Waals surface area contributed by atoms with Crippen LogP contribution in [-0.4, -0.2) is 18.6 Å². The van der Waals surface area contributed by atoms with Gasteiger partial charge >= 0.3 is 0 Å².